The van der Waals surface area contributed by atoms with Crippen LogP contribution in [0.5, 0.6) is 0 Å². The second-order valence-electron chi connectivity index (χ2n) is 3.92. The Hall–Kier alpha value is -1.28. The molecule has 0 amide bonds. The van der Waals surface area contributed by atoms with Gasteiger partial charge in [-0.05, 0) is 18.4 Å². The van der Waals surface area contributed by atoms with Gasteiger partial charge in [0.2, 0.25) is 0 Å². The molecule has 1 aromatic carbocycles. The van der Waals surface area contributed by atoms with Crippen LogP contribution in [0.4, 0.5) is 0 Å². The maximum absolute atomic E-state index is 9.24. The third-order valence-corrected chi connectivity index (χ3v) is 3.08. The van der Waals surface area contributed by atoms with E-state index in [1.54, 1.807) is 0 Å². The molecule has 1 aliphatic heterocycles. The van der Waals surface area contributed by atoms with E-state index in [-0.39, 0.29) is 6.61 Å². The van der Waals surface area contributed by atoms with Crippen molar-refractivity contribution in [3.63, 3.8) is 0 Å². The van der Waals surface area contributed by atoms with Gasteiger partial charge in [0.1, 0.15) is 0 Å². The Morgan fingerprint density at radius 3 is 3.14 bits per heavy atom. The fourth-order valence-corrected chi connectivity index (χ4v) is 2.46. The van der Waals surface area contributed by atoms with Gasteiger partial charge in [0, 0.05) is 23.7 Å². The summed E-state index contributed by atoms with van der Waals surface area (Å²) in [5.41, 5.74) is 3.82. The lowest BCUT2D eigenvalue weighted by Crippen LogP contribution is -2.05. The summed E-state index contributed by atoms with van der Waals surface area (Å²) in [6.45, 7) is 1.24. The smallest absolute Gasteiger partial charge is 0.0702 e. The summed E-state index contributed by atoms with van der Waals surface area (Å²) in [4.78, 5) is 0. The molecule has 0 atom stereocenters. The Morgan fingerprint density at radius 1 is 1.36 bits per heavy atom. The van der Waals surface area contributed by atoms with Gasteiger partial charge in [0.25, 0.3) is 0 Å². The quantitative estimate of drug-likeness (QED) is 0.726. The van der Waals surface area contributed by atoms with Crippen LogP contribution in [0.1, 0.15) is 17.5 Å². The zero-order valence-electron chi connectivity index (χ0n) is 8.03. The summed E-state index contributed by atoms with van der Waals surface area (Å²) in [6, 6.07) is 6.39. The molecule has 0 saturated heterocycles. The monoisotopic (exact) mass is 187 g/mol. The first-order chi connectivity index (χ1) is 6.90. The van der Waals surface area contributed by atoms with Crippen LogP contribution in [0.15, 0.2) is 24.4 Å². The van der Waals surface area contributed by atoms with Crippen molar-refractivity contribution in [3.05, 3.63) is 35.5 Å². The molecule has 1 N–H and O–H groups in total. The van der Waals surface area contributed by atoms with Crippen LogP contribution >= 0.6 is 0 Å². The minimum atomic E-state index is 0.146. The number of para-hydroxylation sites is 1. The number of aromatic nitrogens is 1. The summed E-state index contributed by atoms with van der Waals surface area (Å²) in [6.07, 6.45) is 4.48. The van der Waals surface area contributed by atoms with Crippen LogP contribution in [0.2, 0.25) is 0 Å². The first kappa shape index (κ1) is 8.06. The van der Waals surface area contributed by atoms with Gasteiger partial charge >= 0.3 is 0 Å². The fourth-order valence-electron chi connectivity index (χ4n) is 2.46. The van der Waals surface area contributed by atoms with Crippen LogP contribution < -0.4 is 0 Å². The van der Waals surface area contributed by atoms with E-state index in [9.17, 15) is 5.11 Å². The zero-order chi connectivity index (χ0) is 9.54. The van der Waals surface area contributed by atoms with Gasteiger partial charge in [0.05, 0.1) is 12.1 Å². The van der Waals surface area contributed by atoms with Crippen molar-refractivity contribution in [2.24, 2.45) is 0 Å². The molecule has 0 saturated carbocycles. The molecule has 0 radical (unpaired) electrons. The van der Waals surface area contributed by atoms with Crippen LogP contribution in [0, 0.1) is 0 Å². The van der Waals surface area contributed by atoms with E-state index in [0.717, 1.165) is 12.1 Å². The van der Waals surface area contributed by atoms with Crippen molar-refractivity contribution < 1.29 is 5.11 Å². The molecule has 0 fully saturated rings. The third kappa shape index (κ3) is 0.946. The van der Waals surface area contributed by atoms with E-state index in [1.165, 1.54) is 29.3 Å². The molecule has 2 heteroatoms. The van der Waals surface area contributed by atoms with E-state index < -0.39 is 0 Å². The van der Waals surface area contributed by atoms with Gasteiger partial charge in [-0.25, -0.2) is 0 Å². The Labute approximate surface area is 82.8 Å². The number of aliphatic hydroxyl groups excluding tert-OH is 1. The zero-order valence-corrected chi connectivity index (χ0v) is 8.03. The maximum atomic E-state index is 9.24. The summed E-state index contributed by atoms with van der Waals surface area (Å²) in [5.74, 6) is 0. The number of hydrogen-bond acceptors (Lipinski definition) is 1. The highest BCUT2D eigenvalue weighted by Crippen LogP contribution is 2.29. The molecule has 1 aromatic heterocycles. The minimum absolute atomic E-state index is 0.146. The first-order valence-corrected chi connectivity index (χ1v) is 5.10. The van der Waals surface area contributed by atoms with E-state index in [4.69, 9.17) is 0 Å². The van der Waals surface area contributed by atoms with Crippen molar-refractivity contribution in [2.75, 3.05) is 0 Å². The van der Waals surface area contributed by atoms with E-state index >= 15 is 0 Å². The normalized spacial score (nSPS) is 14.9. The highest BCUT2D eigenvalue weighted by Gasteiger charge is 2.14. The number of aliphatic hydroxyl groups is 1. The second-order valence-corrected chi connectivity index (χ2v) is 3.92. The van der Waals surface area contributed by atoms with E-state index in [2.05, 4.69) is 29.0 Å². The van der Waals surface area contributed by atoms with Crippen molar-refractivity contribution in [1.29, 1.82) is 0 Å². The average molecular weight is 187 g/mol. The molecule has 0 aliphatic carbocycles. The molecular formula is C12H13NO. The molecular weight excluding hydrogens is 174 g/mol. The Kier molecular flexibility index (Phi) is 1.64. The molecule has 14 heavy (non-hydrogen) atoms. The van der Waals surface area contributed by atoms with E-state index in [0.29, 0.717) is 0 Å². The lowest BCUT2D eigenvalue weighted by molar-refractivity contribution is 0.283. The van der Waals surface area contributed by atoms with E-state index in [1.807, 2.05) is 0 Å². The van der Waals surface area contributed by atoms with Crippen molar-refractivity contribution in [2.45, 2.75) is 26.0 Å². The topological polar surface area (TPSA) is 25.2 Å². The Bertz CT molecular complexity index is 484. The summed E-state index contributed by atoms with van der Waals surface area (Å²) in [5, 5.41) is 10.5. The number of aryl methyl sites for hydroxylation is 2. The highest BCUT2D eigenvalue weighted by molar-refractivity contribution is 5.87. The van der Waals surface area contributed by atoms with Gasteiger partial charge in [-0.1, -0.05) is 18.2 Å². The van der Waals surface area contributed by atoms with Crippen LogP contribution in [-0.2, 0) is 19.6 Å². The molecule has 2 heterocycles. The molecule has 2 aromatic rings. The molecule has 72 valence electrons. The standard InChI is InChI=1S/C12H13NO/c14-8-10-7-13-6-2-4-9-3-1-5-11(10)12(9)13/h1,3,5,7,14H,2,4,6,8H2. The van der Waals surface area contributed by atoms with Crippen molar-refractivity contribution >= 4 is 10.9 Å². The number of rotatable bonds is 1. The van der Waals surface area contributed by atoms with Gasteiger partial charge in [-0.3, -0.25) is 0 Å². The van der Waals surface area contributed by atoms with Gasteiger partial charge in [-0.2, -0.15) is 0 Å². The largest absolute Gasteiger partial charge is 0.392 e. The fraction of sp³-hybridized carbons (Fsp3) is 0.333. The molecule has 0 spiro atoms. The molecule has 3 rings (SSSR count). The van der Waals surface area contributed by atoms with Crippen LogP contribution in [0.3, 0.4) is 0 Å². The lowest BCUT2D eigenvalue weighted by Gasteiger charge is -2.14. The predicted molar refractivity (Wildman–Crippen MR) is 56.2 cm³/mol. The second kappa shape index (κ2) is 2.85. The number of hydrogen-bond donors (Lipinski definition) is 1. The first-order valence-electron chi connectivity index (χ1n) is 5.10. The summed E-state index contributed by atoms with van der Waals surface area (Å²) < 4.78 is 2.28. The predicted octanol–water partition coefficient (Wildman–Crippen LogP) is 2.08. The molecule has 1 aliphatic rings. The SMILES string of the molecule is OCc1cn2c3c(cccc13)CCC2. The number of benzene rings is 1. The Morgan fingerprint density at radius 2 is 2.29 bits per heavy atom. The van der Waals surface area contributed by atoms with Gasteiger partial charge in [-0.15, -0.1) is 0 Å². The van der Waals surface area contributed by atoms with Gasteiger partial charge < -0.3 is 9.67 Å². The third-order valence-electron chi connectivity index (χ3n) is 3.08. The molecule has 0 bridgehead atoms. The molecule has 0 unspecified atom stereocenters. The summed E-state index contributed by atoms with van der Waals surface area (Å²) in [7, 11) is 0. The van der Waals surface area contributed by atoms with Gasteiger partial charge in [0.15, 0.2) is 0 Å². The van der Waals surface area contributed by atoms with Crippen LogP contribution in [-0.4, -0.2) is 9.67 Å². The average Bonchev–Trinajstić information content (AvgIpc) is 2.60. The van der Waals surface area contributed by atoms with Crippen molar-refractivity contribution in [3.8, 4) is 0 Å². The van der Waals surface area contributed by atoms with Crippen molar-refractivity contribution in [1.82, 2.24) is 4.57 Å². The minimum Gasteiger partial charge on any atom is -0.392 e. The highest BCUT2D eigenvalue weighted by atomic mass is 16.3. The summed E-state index contributed by atoms with van der Waals surface area (Å²) >= 11 is 0. The number of nitrogens with zero attached hydrogens (tertiary/aromatic N) is 1. The maximum Gasteiger partial charge on any atom is 0.0702 e. The van der Waals surface area contributed by atoms with Crippen LogP contribution in [0.25, 0.3) is 10.9 Å². The lowest BCUT2D eigenvalue weighted by atomic mass is 10.0. The Balaban J connectivity index is 2.42. The molecule has 2 nitrogen and oxygen atoms in total.